The van der Waals surface area contributed by atoms with Gasteiger partial charge in [-0.05, 0) is 18.2 Å². The van der Waals surface area contributed by atoms with Gasteiger partial charge in [0.2, 0.25) is 0 Å². The van der Waals surface area contributed by atoms with E-state index in [1.54, 1.807) is 18.6 Å². The third kappa shape index (κ3) is 2.15. The van der Waals surface area contributed by atoms with Gasteiger partial charge in [-0.2, -0.15) is 5.10 Å². The standard InChI is InChI=1S/C13H13N5/c1-2-6-14-12(3-1)13-15-8-10-18(13)9-5-11-4-7-16-17-11/h1-4,6-8,10H,5,9H2,(H,16,17). The van der Waals surface area contributed by atoms with Crippen molar-refractivity contribution in [2.45, 2.75) is 13.0 Å². The molecule has 3 heterocycles. The molecular formula is C13H13N5. The Morgan fingerprint density at radius 1 is 1.06 bits per heavy atom. The van der Waals surface area contributed by atoms with Crippen molar-refractivity contribution in [2.24, 2.45) is 0 Å². The van der Waals surface area contributed by atoms with E-state index in [1.165, 1.54) is 0 Å². The maximum Gasteiger partial charge on any atom is 0.158 e. The van der Waals surface area contributed by atoms with E-state index in [0.29, 0.717) is 0 Å². The van der Waals surface area contributed by atoms with Crippen LogP contribution in [-0.4, -0.2) is 24.7 Å². The van der Waals surface area contributed by atoms with Gasteiger partial charge in [-0.15, -0.1) is 0 Å². The van der Waals surface area contributed by atoms with Gasteiger partial charge in [0.05, 0.1) is 0 Å². The van der Waals surface area contributed by atoms with Crippen LogP contribution in [0, 0.1) is 0 Å². The monoisotopic (exact) mass is 239 g/mol. The first-order valence-electron chi connectivity index (χ1n) is 5.84. The number of nitrogens with zero attached hydrogens (tertiary/aromatic N) is 4. The van der Waals surface area contributed by atoms with Crippen molar-refractivity contribution in [1.29, 1.82) is 0 Å². The second-order valence-electron chi connectivity index (χ2n) is 3.99. The molecule has 0 aliphatic rings. The lowest BCUT2D eigenvalue weighted by molar-refractivity contribution is 0.688. The third-order valence-electron chi connectivity index (χ3n) is 2.79. The Balaban J connectivity index is 1.80. The molecule has 0 radical (unpaired) electrons. The Bertz CT molecular complexity index is 597. The molecule has 18 heavy (non-hydrogen) atoms. The SMILES string of the molecule is c1ccc(-c2nccn2CCc2ccn[nH]2)nc1. The Morgan fingerprint density at radius 2 is 2.06 bits per heavy atom. The average Bonchev–Trinajstić information content (AvgIpc) is 3.09. The molecule has 0 saturated heterocycles. The lowest BCUT2D eigenvalue weighted by Crippen LogP contribution is -2.03. The third-order valence-corrected chi connectivity index (χ3v) is 2.79. The summed E-state index contributed by atoms with van der Waals surface area (Å²) in [4.78, 5) is 8.68. The summed E-state index contributed by atoms with van der Waals surface area (Å²) < 4.78 is 2.10. The van der Waals surface area contributed by atoms with Crippen molar-refractivity contribution in [1.82, 2.24) is 24.7 Å². The number of nitrogens with one attached hydrogen (secondary N) is 1. The van der Waals surface area contributed by atoms with Crippen LogP contribution in [0.4, 0.5) is 0 Å². The van der Waals surface area contributed by atoms with E-state index in [1.807, 2.05) is 30.5 Å². The molecule has 0 fully saturated rings. The minimum Gasteiger partial charge on any atom is -0.329 e. The van der Waals surface area contributed by atoms with Gasteiger partial charge in [0.15, 0.2) is 5.82 Å². The smallest absolute Gasteiger partial charge is 0.158 e. The number of aryl methyl sites for hydroxylation is 2. The number of pyridine rings is 1. The van der Waals surface area contributed by atoms with E-state index >= 15 is 0 Å². The highest BCUT2D eigenvalue weighted by Gasteiger charge is 2.06. The van der Waals surface area contributed by atoms with Crippen LogP contribution in [0.2, 0.25) is 0 Å². The summed E-state index contributed by atoms with van der Waals surface area (Å²) in [6.45, 7) is 0.855. The molecule has 0 aliphatic heterocycles. The van der Waals surface area contributed by atoms with E-state index in [2.05, 4.69) is 24.7 Å². The van der Waals surface area contributed by atoms with E-state index < -0.39 is 0 Å². The fraction of sp³-hybridized carbons (Fsp3) is 0.154. The van der Waals surface area contributed by atoms with Crippen LogP contribution in [0.15, 0.2) is 49.1 Å². The summed E-state index contributed by atoms with van der Waals surface area (Å²) in [7, 11) is 0. The summed E-state index contributed by atoms with van der Waals surface area (Å²) in [5, 5.41) is 6.90. The Labute approximate surface area is 105 Å². The van der Waals surface area contributed by atoms with Crippen molar-refractivity contribution in [2.75, 3.05) is 0 Å². The van der Waals surface area contributed by atoms with Gasteiger partial charge in [-0.25, -0.2) is 4.98 Å². The predicted octanol–water partition coefficient (Wildman–Crippen LogP) is 1.91. The molecular weight excluding hydrogens is 226 g/mol. The van der Waals surface area contributed by atoms with Gasteiger partial charge in [0.25, 0.3) is 0 Å². The van der Waals surface area contributed by atoms with E-state index in [4.69, 9.17) is 0 Å². The molecule has 3 aromatic rings. The molecule has 0 spiro atoms. The van der Waals surface area contributed by atoms with Crippen molar-refractivity contribution in [3.8, 4) is 11.5 Å². The quantitative estimate of drug-likeness (QED) is 0.756. The number of imidazole rings is 1. The zero-order valence-electron chi connectivity index (χ0n) is 9.82. The van der Waals surface area contributed by atoms with Gasteiger partial charge in [0.1, 0.15) is 5.69 Å². The largest absolute Gasteiger partial charge is 0.329 e. The molecule has 3 aromatic heterocycles. The molecule has 5 heteroatoms. The van der Waals surface area contributed by atoms with E-state index in [-0.39, 0.29) is 0 Å². The van der Waals surface area contributed by atoms with E-state index in [0.717, 1.165) is 30.2 Å². The molecule has 0 amide bonds. The van der Waals surface area contributed by atoms with E-state index in [9.17, 15) is 0 Å². The maximum absolute atomic E-state index is 4.36. The zero-order chi connectivity index (χ0) is 12.2. The van der Waals surface area contributed by atoms with Crippen molar-refractivity contribution in [3.05, 3.63) is 54.7 Å². The fourth-order valence-electron chi connectivity index (χ4n) is 1.88. The predicted molar refractivity (Wildman–Crippen MR) is 67.7 cm³/mol. The lowest BCUT2D eigenvalue weighted by Gasteiger charge is -2.06. The Morgan fingerprint density at radius 3 is 2.83 bits per heavy atom. The first-order valence-corrected chi connectivity index (χ1v) is 5.84. The molecule has 0 aromatic carbocycles. The van der Waals surface area contributed by atoms with Gasteiger partial charge in [-0.3, -0.25) is 10.1 Å². The van der Waals surface area contributed by atoms with Gasteiger partial charge < -0.3 is 4.57 Å². The molecule has 0 aliphatic carbocycles. The zero-order valence-corrected chi connectivity index (χ0v) is 9.82. The summed E-state index contributed by atoms with van der Waals surface area (Å²) in [5.74, 6) is 0.898. The number of aromatic amines is 1. The van der Waals surface area contributed by atoms with Gasteiger partial charge in [-0.1, -0.05) is 6.07 Å². The van der Waals surface area contributed by atoms with Crippen molar-refractivity contribution >= 4 is 0 Å². The molecule has 3 rings (SSSR count). The van der Waals surface area contributed by atoms with Crippen molar-refractivity contribution < 1.29 is 0 Å². The first-order chi connectivity index (χ1) is 8.93. The van der Waals surface area contributed by atoms with Crippen LogP contribution in [0.1, 0.15) is 5.69 Å². The minimum atomic E-state index is 0.855. The Kier molecular flexibility index (Phi) is 2.87. The first kappa shape index (κ1) is 10.7. The molecule has 1 N–H and O–H groups in total. The number of aromatic nitrogens is 5. The number of hydrogen-bond acceptors (Lipinski definition) is 3. The van der Waals surface area contributed by atoms with Crippen LogP contribution in [0.3, 0.4) is 0 Å². The van der Waals surface area contributed by atoms with Crippen LogP contribution in [-0.2, 0) is 13.0 Å². The highest BCUT2D eigenvalue weighted by Crippen LogP contribution is 2.14. The fourth-order valence-corrected chi connectivity index (χ4v) is 1.88. The average molecular weight is 239 g/mol. The number of rotatable bonds is 4. The summed E-state index contributed by atoms with van der Waals surface area (Å²) in [6.07, 6.45) is 8.22. The second-order valence-corrected chi connectivity index (χ2v) is 3.99. The highest BCUT2D eigenvalue weighted by atomic mass is 15.1. The lowest BCUT2D eigenvalue weighted by atomic mass is 10.3. The molecule has 0 unspecified atom stereocenters. The molecule has 5 nitrogen and oxygen atoms in total. The Hall–Kier alpha value is -2.43. The van der Waals surface area contributed by atoms with Crippen LogP contribution in [0.25, 0.3) is 11.5 Å². The topological polar surface area (TPSA) is 59.4 Å². The van der Waals surface area contributed by atoms with Gasteiger partial charge >= 0.3 is 0 Å². The normalized spacial score (nSPS) is 10.7. The summed E-state index contributed by atoms with van der Waals surface area (Å²) in [5.41, 5.74) is 2.02. The van der Waals surface area contributed by atoms with Crippen LogP contribution >= 0.6 is 0 Å². The van der Waals surface area contributed by atoms with Crippen molar-refractivity contribution in [3.63, 3.8) is 0 Å². The van der Waals surface area contributed by atoms with Crippen LogP contribution < -0.4 is 0 Å². The van der Waals surface area contributed by atoms with Crippen LogP contribution in [0.5, 0.6) is 0 Å². The number of H-pyrrole nitrogens is 1. The minimum absolute atomic E-state index is 0.855. The molecule has 90 valence electrons. The molecule has 0 atom stereocenters. The summed E-state index contributed by atoms with van der Waals surface area (Å²) in [6, 6.07) is 7.82. The maximum atomic E-state index is 4.36. The second kappa shape index (κ2) is 4.83. The van der Waals surface area contributed by atoms with Gasteiger partial charge in [0, 0.05) is 43.4 Å². The highest BCUT2D eigenvalue weighted by molar-refractivity contribution is 5.48. The molecule has 0 saturated carbocycles. The summed E-state index contributed by atoms with van der Waals surface area (Å²) >= 11 is 0. The molecule has 0 bridgehead atoms. The number of hydrogen-bond donors (Lipinski definition) is 1.